The molecule has 0 saturated carbocycles. The van der Waals surface area contributed by atoms with Gasteiger partial charge in [-0.3, -0.25) is 4.99 Å². The van der Waals surface area contributed by atoms with Crippen molar-refractivity contribution in [3.8, 4) is 11.5 Å². The molecule has 1 aromatic rings. The van der Waals surface area contributed by atoms with Crippen LogP contribution in [0.3, 0.4) is 0 Å². The first-order valence-corrected chi connectivity index (χ1v) is 4.86. The molecule has 0 bridgehead atoms. The van der Waals surface area contributed by atoms with E-state index in [4.69, 9.17) is 10.5 Å². The van der Waals surface area contributed by atoms with Crippen molar-refractivity contribution in [2.24, 2.45) is 10.7 Å². The lowest BCUT2D eigenvalue weighted by Gasteiger charge is -2.05. The first kappa shape index (κ1) is 12.1. The Labute approximate surface area is 95.1 Å². The zero-order valence-electron chi connectivity index (χ0n) is 9.69. The Balaban J connectivity index is 3.07. The maximum absolute atomic E-state index is 9.43. The predicted octanol–water partition coefficient (Wildman–Crippen LogP) is 1.79. The summed E-state index contributed by atoms with van der Waals surface area (Å²) in [6, 6.07) is 5.10. The van der Waals surface area contributed by atoms with Crippen LogP contribution in [0.15, 0.2) is 28.8 Å². The normalized spacial score (nSPS) is 12.7. The van der Waals surface area contributed by atoms with Crippen molar-refractivity contribution in [1.82, 2.24) is 0 Å². The average molecular weight is 220 g/mol. The fraction of sp³-hybridized carbons (Fsp3) is 0.250. The van der Waals surface area contributed by atoms with Crippen LogP contribution in [0, 0.1) is 0 Å². The van der Waals surface area contributed by atoms with Gasteiger partial charge in [0.15, 0.2) is 11.5 Å². The quantitative estimate of drug-likeness (QED) is 0.602. The predicted molar refractivity (Wildman–Crippen MR) is 65.9 cm³/mol. The van der Waals surface area contributed by atoms with Crippen molar-refractivity contribution in [2.45, 2.75) is 6.92 Å². The molecule has 4 heteroatoms. The number of ether oxygens (including phenoxy) is 1. The minimum absolute atomic E-state index is 0.120. The molecule has 4 nitrogen and oxygen atoms in total. The summed E-state index contributed by atoms with van der Waals surface area (Å²) >= 11 is 0. The third-order valence-electron chi connectivity index (χ3n) is 2.23. The molecule has 0 aliphatic carbocycles. The van der Waals surface area contributed by atoms with E-state index in [1.54, 1.807) is 25.2 Å². The molecular weight excluding hydrogens is 204 g/mol. The van der Waals surface area contributed by atoms with Crippen molar-refractivity contribution in [1.29, 1.82) is 0 Å². The first-order valence-electron chi connectivity index (χ1n) is 4.86. The van der Waals surface area contributed by atoms with Crippen molar-refractivity contribution in [2.75, 3.05) is 14.2 Å². The minimum atomic E-state index is 0.120. The number of phenolic OH excluding ortho intramolecular Hbond substituents is 1. The van der Waals surface area contributed by atoms with Gasteiger partial charge in [0.2, 0.25) is 0 Å². The summed E-state index contributed by atoms with van der Waals surface area (Å²) in [6.07, 6.45) is 1.88. The number of aromatic hydroxyl groups is 1. The zero-order chi connectivity index (χ0) is 12.1. The van der Waals surface area contributed by atoms with E-state index in [-0.39, 0.29) is 5.75 Å². The molecule has 0 amide bonds. The minimum Gasteiger partial charge on any atom is -0.504 e. The highest BCUT2D eigenvalue weighted by Gasteiger charge is 2.02. The molecule has 0 radical (unpaired) electrons. The SMILES string of the molecule is CN=C(N)/C(C)=C/c1ccc(O)c(OC)c1. The number of rotatable bonds is 3. The van der Waals surface area contributed by atoms with Crippen LogP contribution >= 0.6 is 0 Å². The maximum Gasteiger partial charge on any atom is 0.161 e. The summed E-state index contributed by atoms with van der Waals surface area (Å²) in [5.41, 5.74) is 7.44. The van der Waals surface area contributed by atoms with E-state index < -0.39 is 0 Å². The van der Waals surface area contributed by atoms with Crippen LogP contribution in [-0.2, 0) is 0 Å². The molecule has 0 atom stereocenters. The van der Waals surface area contributed by atoms with Gasteiger partial charge < -0.3 is 15.6 Å². The van der Waals surface area contributed by atoms with Gasteiger partial charge >= 0.3 is 0 Å². The van der Waals surface area contributed by atoms with Crippen molar-refractivity contribution in [3.63, 3.8) is 0 Å². The fourth-order valence-electron chi connectivity index (χ4n) is 1.28. The Hall–Kier alpha value is -1.97. The fourth-order valence-corrected chi connectivity index (χ4v) is 1.28. The molecule has 3 N–H and O–H groups in total. The van der Waals surface area contributed by atoms with Crippen LogP contribution in [0.5, 0.6) is 11.5 Å². The third kappa shape index (κ3) is 2.76. The molecule has 1 aromatic carbocycles. The molecule has 0 aromatic heterocycles. The van der Waals surface area contributed by atoms with E-state index >= 15 is 0 Å². The number of hydrogen-bond acceptors (Lipinski definition) is 3. The highest BCUT2D eigenvalue weighted by molar-refractivity contribution is 6.00. The Morgan fingerprint density at radius 2 is 2.19 bits per heavy atom. The van der Waals surface area contributed by atoms with E-state index in [0.717, 1.165) is 11.1 Å². The van der Waals surface area contributed by atoms with E-state index in [1.165, 1.54) is 7.11 Å². The number of amidine groups is 1. The Morgan fingerprint density at radius 1 is 1.50 bits per heavy atom. The molecule has 0 saturated heterocycles. The number of aliphatic imine (C=N–C) groups is 1. The number of nitrogens with two attached hydrogens (primary N) is 1. The van der Waals surface area contributed by atoms with Crippen LogP contribution in [0.25, 0.3) is 6.08 Å². The topological polar surface area (TPSA) is 67.8 Å². The van der Waals surface area contributed by atoms with E-state index in [0.29, 0.717) is 11.6 Å². The van der Waals surface area contributed by atoms with Crippen molar-refractivity contribution >= 4 is 11.9 Å². The molecule has 16 heavy (non-hydrogen) atoms. The van der Waals surface area contributed by atoms with Gasteiger partial charge in [0.1, 0.15) is 5.84 Å². The van der Waals surface area contributed by atoms with Gasteiger partial charge in [-0.2, -0.15) is 0 Å². The lowest BCUT2D eigenvalue weighted by molar-refractivity contribution is 0.373. The van der Waals surface area contributed by atoms with Gasteiger partial charge in [-0.05, 0) is 36.3 Å². The highest BCUT2D eigenvalue weighted by Crippen LogP contribution is 2.27. The summed E-state index contributed by atoms with van der Waals surface area (Å²) in [7, 11) is 3.15. The third-order valence-corrected chi connectivity index (χ3v) is 2.23. The van der Waals surface area contributed by atoms with E-state index in [1.807, 2.05) is 13.0 Å². The second kappa shape index (κ2) is 5.21. The number of methoxy groups -OCH3 is 1. The van der Waals surface area contributed by atoms with Gasteiger partial charge in [-0.1, -0.05) is 6.07 Å². The lowest BCUT2D eigenvalue weighted by atomic mass is 10.1. The molecule has 0 fully saturated rings. The largest absolute Gasteiger partial charge is 0.504 e. The zero-order valence-corrected chi connectivity index (χ0v) is 9.69. The monoisotopic (exact) mass is 220 g/mol. The summed E-state index contributed by atoms with van der Waals surface area (Å²) in [5, 5.41) is 9.43. The Kier molecular flexibility index (Phi) is 3.94. The van der Waals surface area contributed by atoms with Gasteiger partial charge in [-0.25, -0.2) is 0 Å². The van der Waals surface area contributed by atoms with Crippen molar-refractivity contribution in [3.05, 3.63) is 29.3 Å². The van der Waals surface area contributed by atoms with Crippen LogP contribution in [0.4, 0.5) is 0 Å². The second-order valence-corrected chi connectivity index (χ2v) is 3.37. The number of benzene rings is 1. The molecular formula is C12H16N2O2. The van der Waals surface area contributed by atoms with Crippen LogP contribution < -0.4 is 10.5 Å². The number of phenols is 1. The highest BCUT2D eigenvalue weighted by atomic mass is 16.5. The standard InChI is InChI=1S/C12H16N2O2/c1-8(12(13)14-2)6-9-4-5-10(15)11(7-9)16-3/h4-7,15H,1-3H3,(H2,13,14)/b8-6+. The van der Waals surface area contributed by atoms with Crippen LogP contribution in [-0.4, -0.2) is 25.1 Å². The molecule has 0 aliphatic heterocycles. The molecule has 0 aliphatic rings. The maximum atomic E-state index is 9.43. The van der Waals surface area contributed by atoms with Crippen LogP contribution in [0.2, 0.25) is 0 Å². The molecule has 0 heterocycles. The average Bonchev–Trinajstić information content (AvgIpc) is 2.30. The summed E-state index contributed by atoms with van der Waals surface area (Å²) in [6.45, 7) is 1.88. The van der Waals surface area contributed by atoms with Crippen LogP contribution in [0.1, 0.15) is 12.5 Å². The van der Waals surface area contributed by atoms with Gasteiger partial charge in [-0.15, -0.1) is 0 Å². The Bertz CT molecular complexity index is 437. The summed E-state index contributed by atoms with van der Waals surface area (Å²) in [4.78, 5) is 3.89. The summed E-state index contributed by atoms with van der Waals surface area (Å²) in [5.74, 6) is 1.05. The molecule has 86 valence electrons. The number of nitrogens with zero attached hydrogens (tertiary/aromatic N) is 1. The first-order chi connectivity index (χ1) is 7.58. The Morgan fingerprint density at radius 3 is 2.75 bits per heavy atom. The number of hydrogen-bond donors (Lipinski definition) is 2. The molecule has 0 unspecified atom stereocenters. The van der Waals surface area contributed by atoms with Crippen molar-refractivity contribution < 1.29 is 9.84 Å². The van der Waals surface area contributed by atoms with Gasteiger partial charge in [0.25, 0.3) is 0 Å². The lowest BCUT2D eigenvalue weighted by Crippen LogP contribution is -2.12. The van der Waals surface area contributed by atoms with Gasteiger partial charge in [0, 0.05) is 7.05 Å². The summed E-state index contributed by atoms with van der Waals surface area (Å²) < 4.78 is 5.01. The van der Waals surface area contributed by atoms with Gasteiger partial charge in [0.05, 0.1) is 7.11 Å². The molecule has 1 rings (SSSR count). The second-order valence-electron chi connectivity index (χ2n) is 3.37. The van der Waals surface area contributed by atoms with E-state index in [2.05, 4.69) is 4.99 Å². The molecule has 0 spiro atoms. The smallest absolute Gasteiger partial charge is 0.161 e. The van der Waals surface area contributed by atoms with E-state index in [9.17, 15) is 5.11 Å².